The van der Waals surface area contributed by atoms with Gasteiger partial charge in [-0.25, -0.2) is 24.7 Å². The standard InChI is InChI=1S/C37H41N7O5/c1-36(2,3)31(34(45)46)44(35(47)49-37(4,5)6)30-16-12-25(21-38-30)29-22-39-32(42-17-19-48-20-18-42)33-41-27(23-43(29)33)15-14-26-13-11-24-9-7-8-10-28(24)40-26/h7-16,21-23,31H,17-20H2,1-6H3,(H,45,46)/p-1/b15-14+. The van der Waals surface area contributed by atoms with E-state index >= 15 is 0 Å². The number of para-hydroxylation sites is 1. The van der Waals surface area contributed by atoms with Crippen molar-refractivity contribution >= 4 is 52.4 Å². The summed E-state index contributed by atoms with van der Waals surface area (Å²) in [5, 5.41) is 13.5. The molecule has 0 spiro atoms. The SMILES string of the molecule is CC(C)(C)OC(=O)N(c1ccc(-c2cnc(N3CCOCC3)c3nc(/C=C/c4ccc5ccccc5n4)cn23)cn1)C(C(=O)[O-])C(C)(C)C. The van der Waals surface area contributed by atoms with Gasteiger partial charge in [-0.05, 0) is 62.6 Å². The van der Waals surface area contributed by atoms with Crippen LogP contribution < -0.4 is 14.9 Å². The van der Waals surface area contributed by atoms with Gasteiger partial charge in [0, 0.05) is 36.4 Å². The summed E-state index contributed by atoms with van der Waals surface area (Å²) in [4.78, 5) is 48.2. The quantitative estimate of drug-likeness (QED) is 0.227. The Kier molecular flexibility index (Phi) is 9.08. The fourth-order valence-electron chi connectivity index (χ4n) is 5.79. The van der Waals surface area contributed by atoms with Gasteiger partial charge < -0.3 is 24.3 Å². The maximum absolute atomic E-state index is 13.4. The summed E-state index contributed by atoms with van der Waals surface area (Å²) < 4.78 is 13.2. The van der Waals surface area contributed by atoms with E-state index in [0.717, 1.165) is 27.3 Å². The molecule has 6 rings (SSSR count). The van der Waals surface area contributed by atoms with Crippen LogP contribution in [-0.2, 0) is 14.3 Å². The molecule has 12 heteroatoms. The van der Waals surface area contributed by atoms with Crippen molar-refractivity contribution in [1.82, 2.24) is 24.3 Å². The minimum atomic E-state index is -1.41. The number of carboxylic acids is 1. The number of morpholine rings is 1. The lowest BCUT2D eigenvalue weighted by Crippen LogP contribution is -2.58. The summed E-state index contributed by atoms with van der Waals surface area (Å²) in [6.07, 6.45) is 8.30. The number of hydrogen-bond donors (Lipinski definition) is 0. The summed E-state index contributed by atoms with van der Waals surface area (Å²) in [7, 11) is 0. The highest BCUT2D eigenvalue weighted by molar-refractivity contribution is 5.94. The number of ether oxygens (including phenoxy) is 2. The first-order valence-corrected chi connectivity index (χ1v) is 16.2. The second-order valence-corrected chi connectivity index (χ2v) is 14.0. The number of hydrogen-bond acceptors (Lipinski definition) is 10. The Morgan fingerprint density at radius 1 is 0.918 bits per heavy atom. The molecule has 1 saturated heterocycles. The van der Waals surface area contributed by atoms with E-state index in [1.807, 2.05) is 59.1 Å². The zero-order valence-corrected chi connectivity index (χ0v) is 28.6. The first-order valence-electron chi connectivity index (χ1n) is 16.2. The Morgan fingerprint density at radius 3 is 2.33 bits per heavy atom. The number of pyridine rings is 2. The molecule has 1 aliphatic heterocycles. The van der Waals surface area contributed by atoms with Crippen LogP contribution in [0.3, 0.4) is 0 Å². The first kappa shape index (κ1) is 33.5. The predicted molar refractivity (Wildman–Crippen MR) is 187 cm³/mol. The minimum Gasteiger partial charge on any atom is -0.548 e. The fourth-order valence-corrected chi connectivity index (χ4v) is 5.79. The third-order valence-electron chi connectivity index (χ3n) is 8.03. The van der Waals surface area contributed by atoms with Crippen LogP contribution in [0, 0.1) is 5.41 Å². The monoisotopic (exact) mass is 662 g/mol. The number of aromatic nitrogens is 5. The fraction of sp³-hybridized carbons (Fsp3) is 0.351. The Balaban J connectivity index is 1.40. The molecule has 0 aliphatic carbocycles. The summed E-state index contributed by atoms with van der Waals surface area (Å²) in [5.74, 6) is -0.557. The van der Waals surface area contributed by atoms with Crippen LogP contribution in [-0.4, -0.2) is 74.3 Å². The molecule has 4 aromatic heterocycles. The van der Waals surface area contributed by atoms with Gasteiger partial charge in [-0.1, -0.05) is 45.0 Å². The van der Waals surface area contributed by atoms with E-state index in [-0.39, 0.29) is 5.82 Å². The van der Waals surface area contributed by atoms with Crippen LogP contribution in [0.2, 0.25) is 0 Å². The first-order chi connectivity index (χ1) is 23.3. The van der Waals surface area contributed by atoms with Gasteiger partial charge in [0.2, 0.25) is 0 Å². The number of amides is 1. The number of carboxylic acid groups (broad SMARTS) is 1. The van der Waals surface area contributed by atoms with Gasteiger partial charge in [0.05, 0.1) is 54.0 Å². The van der Waals surface area contributed by atoms with E-state index in [0.29, 0.717) is 48.9 Å². The van der Waals surface area contributed by atoms with Gasteiger partial charge in [0.1, 0.15) is 11.4 Å². The molecule has 5 aromatic rings. The molecule has 0 bridgehead atoms. The van der Waals surface area contributed by atoms with E-state index < -0.39 is 29.1 Å². The van der Waals surface area contributed by atoms with Crippen LogP contribution in [0.5, 0.6) is 0 Å². The normalized spacial score (nSPS) is 14.8. The minimum absolute atomic E-state index is 0.119. The van der Waals surface area contributed by atoms with Crippen molar-refractivity contribution in [3.8, 4) is 11.3 Å². The van der Waals surface area contributed by atoms with Gasteiger partial charge >= 0.3 is 6.09 Å². The maximum atomic E-state index is 13.4. The number of imidazole rings is 1. The van der Waals surface area contributed by atoms with Crippen molar-refractivity contribution in [2.45, 2.75) is 53.2 Å². The van der Waals surface area contributed by atoms with Crippen LogP contribution in [0.4, 0.5) is 16.4 Å². The molecule has 1 unspecified atom stereocenters. The molecule has 1 fully saturated rings. The molecule has 254 valence electrons. The Morgan fingerprint density at radius 2 is 1.65 bits per heavy atom. The maximum Gasteiger partial charge on any atom is 0.416 e. The van der Waals surface area contributed by atoms with Gasteiger partial charge in [0.15, 0.2) is 11.5 Å². The molecule has 5 heterocycles. The number of anilines is 2. The molecule has 0 radical (unpaired) electrons. The van der Waals surface area contributed by atoms with E-state index in [4.69, 9.17) is 24.4 Å². The average Bonchev–Trinajstić information content (AvgIpc) is 3.49. The Hall–Kier alpha value is -5.36. The molecule has 1 aliphatic rings. The van der Waals surface area contributed by atoms with E-state index in [9.17, 15) is 14.7 Å². The van der Waals surface area contributed by atoms with E-state index in [1.54, 1.807) is 66.1 Å². The number of fused-ring (bicyclic) bond motifs is 2. The van der Waals surface area contributed by atoms with Crippen molar-refractivity contribution < 1.29 is 24.2 Å². The molecular weight excluding hydrogens is 622 g/mol. The van der Waals surface area contributed by atoms with Crippen molar-refractivity contribution in [2.24, 2.45) is 5.41 Å². The Bertz CT molecular complexity index is 2020. The lowest BCUT2D eigenvalue weighted by molar-refractivity contribution is -0.309. The van der Waals surface area contributed by atoms with Crippen molar-refractivity contribution in [3.05, 3.63) is 78.5 Å². The smallest absolute Gasteiger partial charge is 0.416 e. The number of aliphatic carboxylic acids is 1. The second kappa shape index (κ2) is 13.3. The lowest BCUT2D eigenvalue weighted by atomic mass is 9.85. The van der Waals surface area contributed by atoms with Crippen LogP contribution >= 0.6 is 0 Å². The Labute approximate surface area is 285 Å². The molecule has 49 heavy (non-hydrogen) atoms. The summed E-state index contributed by atoms with van der Waals surface area (Å²) >= 11 is 0. The van der Waals surface area contributed by atoms with Crippen molar-refractivity contribution in [3.63, 3.8) is 0 Å². The summed E-state index contributed by atoms with van der Waals surface area (Å²) in [6, 6.07) is 14.0. The van der Waals surface area contributed by atoms with E-state index in [1.165, 1.54) is 0 Å². The number of rotatable bonds is 7. The largest absolute Gasteiger partial charge is 0.548 e. The molecule has 1 amide bonds. The van der Waals surface area contributed by atoms with Gasteiger partial charge in [0.25, 0.3) is 0 Å². The van der Waals surface area contributed by atoms with Crippen LogP contribution in [0.1, 0.15) is 52.9 Å². The number of benzene rings is 1. The average molecular weight is 663 g/mol. The summed E-state index contributed by atoms with van der Waals surface area (Å²) in [5.41, 5.74) is 2.74. The molecule has 1 atom stereocenters. The zero-order valence-electron chi connectivity index (χ0n) is 28.6. The van der Waals surface area contributed by atoms with Crippen molar-refractivity contribution in [1.29, 1.82) is 0 Å². The van der Waals surface area contributed by atoms with Crippen LogP contribution in [0.25, 0.3) is 40.0 Å². The topological polar surface area (TPSA) is 138 Å². The van der Waals surface area contributed by atoms with Gasteiger partial charge in [-0.3, -0.25) is 9.30 Å². The molecule has 0 N–H and O–H groups in total. The third kappa shape index (κ3) is 7.39. The predicted octanol–water partition coefficient (Wildman–Crippen LogP) is 5.25. The van der Waals surface area contributed by atoms with Gasteiger partial charge in [-0.15, -0.1) is 0 Å². The zero-order chi connectivity index (χ0) is 34.9. The number of carbonyl (C=O) groups is 2. The molecule has 1 aromatic carbocycles. The lowest BCUT2D eigenvalue weighted by Gasteiger charge is -2.40. The third-order valence-corrected chi connectivity index (χ3v) is 8.03. The van der Waals surface area contributed by atoms with Crippen LogP contribution in [0.15, 0.2) is 67.1 Å². The molecule has 0 saturated carbocycles. The molecule has 12 nitrogen and oxygen atoms in total. The van der Waals surface area contributed by atoms with E-state index in [2.05, 4.69) is 9.88 Å². The number of carbonyl (C=O) groups excluding carboxylic acids is 2. The highest BCUT2D eigenvalue weighted by atomic mass is 16.6. The second-order valence-electron chi connectivity index (χ2n) is 14.0. The highest BCUT2D eigenvalue weighted by Crippen LogP contribution is 2.32. The number of nitrogens with zero attached hydrogens (tertiary/aromatic N) is 7. The summed E-state index contributed by atoms with van der Waals surface area (Å²) in [6.45, 7) is 12.9. The van der Waals surface area contributed by atoms with Gasteiger partial charge in [-0.2, -0.15) is 0 Å². The van der Waals surface area contributed by atoms with Crippen molar-refractivity contribution in [2.75, 3.05) is 36.1 Å². The highest BCUT2D eigenvalue weighted by Gasteiger charge is 2.38. The molecular formula is C37H40N7O5-.